The SMILES string of the molecule is CC/C=C\C/C=C\C/C=C\C/C=C\CCCOCC(COC1OC(COC2OC(CO)C(O)C(O)C2O)C(O)C(O)C1O)OC(=O)CCCCCCCCCCCCC. The Morgan fingerprint density at radius 3 is 1.66 bits per heavy atom. The first-order valence-electron chi connectivity index (χ1n) is 22.2. The van der Waals surface area contributed by atoms with Crippen LogP contribution in [-0.4, -0.2) is 142 Å². The van der Waals surface area contributed by atoms with E-state index in [1.54, 1.807) is 0 Å². The van der Waals surface area contributed by atoms with Crippen LogP contribution in [-0.2, 0) is 33.2 Å². The van der Waals surface area contributed by atoms with E-state index in [1.807, 2.05) is 0 Å². The third-order valence-corrected chi connectivity index (χ3v) is 10.4. The molecule has 14 heteroatoms. The molecule has 2 rings (SSSR count). The molecule has 2 saturated heterocycles. The van der Waals surface area contributed by atoms with Gasteiger partial charge in [-0.1, -0.05) is 127 Å². The lowest BCUT2D eigenvalue weighted by atomic mass is 9.98. The number of carbonyl (C=O) groups excluding carboxylic acids is 1. The summed E-state index contributed by atoms with van der Waals surface area (Å²) in [5.41, 5.74) is 0. The van der Waals surface area contributed by atoms with Crippen molar-refractivity contribution in [2.75, 3.05) is 33.0 Å². The number of rotatable bonds is 33. The van der Waals surface area contributed by atoms with Gasteiger partial charge in [-0.15, -0.1) is 0 Å². The second-order valence-corrected chi connectivity index (χ2v) is 15.5. The number of aliphatic hydroxyl groups excluding tert-OH is 7. The summed E-state index contributed by atoms with van der Waals surface area (Å²) in [6.07, 6.45) is 19.1. The zero-order chi connectivity index (χ0) is 43.1. The Morgan fingerprint density at radius 1 is 0.576 bits per heavy atom. The molecule has 0 amide bonds. The highest BCUT2D eigenvalue weighted by atomic mass is 16.7. The highest BCUT2D eigenvalue weighted by Crippen LogP contribution is 2.26. The van der Waals surface area contributed by atoms with Gasteiger partial charge in [-0.05, 0) is 44.9 Å². The number of hydrogen-bond acceptors (Lipinski definition) is 14. The number of allylic oxidation sites excluding steroid dienone is 8. The lowest BCUT2D eigenvalue weighted by Gasteiger charge is -2.42. The first-order chi connectivity index (χ1) is 28.6. The predicted molar refractivity (Wildman–Crippen MR) is 224 cm³/mol. The van der Waals surface area contributed by atoms with Crippen LogP contribution in [0.25, 0.3) is 0 Å². The standard InChI is InChI=1S/C45H78O14/c1-3-5-7-9-11-13-15-16-17-19-21-23-25-27-29-54-31-34(57-37(47)28-26-24-22-20-18-14-12-10-8-6-4-2)32-55-44-43(53)41(51)39(49)36(59-44)33-56-45-42(52)40(50)38(48)35(30-46)58-45/h5,7,11,13,16-17,21,23,34-36,38-46,48-53H,3-4,6,8-10,12,14-15,18-20,22,24-33H2,1-2H3/b7-5-,13-11-,17-16-,23-21-. The molecule has 0 spiro atoms. The fourth-order valence-electron chi connectivity index (χ4n) is 6.70. The van der Waals surface area contributed by atoms with E-state index in [9.17, 15) is 40.5 Å². The van der Waals surface area contributed by atoms with Crippen molar-refractivity contribution in [2.45, 2.75) is 197 Å². The maximum Gasteiger partial charge on any atom is 0.306 e. The summed E-state index contributed by atoms with van der Waals surface area (Å²) < 4.78 is 34.0. The summed E-state index contributed by atoms with van der Waals surface area (Å²) in [4.78, 5) is 12.9. The van der Waals surface area contributed by atoms with Gasteiger partial charge in [-0.25, -0.2) is 0 Å². The molecule has 0 aliphatic carbocycles. The quantitative estimate of drug-likeness (QED) is 0.0268. The van der Waals surface area contributed by atoms with Gasteiger partial charge in [-0.2, -0.15) is 0 Å². The van der Waals surface area contributed by atoms with Gasteiger partial charge in [0.1, 0.15) is 54.9 Å². The fourth-order valence-corrected chi connectivity index (χ4v) is 6.70. The van der Waals surface area contributed by atoms with Crippen molar-refractivity contribution in [1.82, 2.24) is 0 Å². The van der Waals surface area contributed by atoms with Gasteiger partial charge >= 0.3 is 5.97 Å². The normalized spacial score (nSPS) is 28.4. The van der Waals surface area contributed by atoms with Crippen LogP contribution in [0.3, 0.4) is 0 Å². The molecule has 7 N–H and O–H groups in total. The molecule has 0 aromatic rings. The van der Waals surface area contributed by atoms with E-state index >= 15 is 0 Å². The van der Waals surface area contributed by atoms with E-state index in [1.165, 1.54) is 44.9 Å². The highest BCUT2D eigenvalue weighted by molar-refractivity contribution is 5.69. The molecule has 59 heavy (non-hydrogen) atoms. The Morgan fingerprint density at radius 2 is 1.08 bits per heavy atom. The van der Waals surface area contributed by atoms with Crippen molar-refractivity contribution < 1.29 is 69.0 Å². The van der Waals surface area contributed by atoms with E-state index in [2.05, 4.69) is 62.5 Å². The molecule has 0 saturated carbocycles. The van der Waals surface area contributed by atoms with E-state index in [0.29, 0.717) is 13.0 Å². The Balaban J connectivity index is 1.85. The fraction of sp³-hybridized carbons (Fsp3) is 0.800. The van der Waals surface area contributed by atoms with E-state index in [4.69, 9.17) is 28.4 Å². The minimum atomic E-state index is -1.71. The van der Waals surface area contributed by atoms with E-state index in [0.717, 1.165) is 57.8 Å². The first-order valence-corrected chi connectivity index (χ1v) is 22.2. The Bertz CT molecular complexity index is 1160. The van der Waals surface area contributed by atoms with Crippen molar-refractivity contribution >= 4 is 5.97 Å². The van der Waals surface area contributed by atoms with Crippen LogP contribution in [0.15, 0.2) is 48.6 Å². The van der Waals surface area contributed by atoms with E-state index < -0.39 is 86.7 Å². The summed E-state index contributed by atoms with van der Waals surface area (Å²) in [5, 5.41) is 71.8. The largest absolute Gasteiger partial charge is 0.457 e. The summed E-state index contributed by atoms with van der Waals surface area (Å²) in [7, 11) is 0. The molecule has 0 bridgehead atoms. The van der Waals surface area contributed by atoms with Crippen molar-refractivity contribution in [3.63, 3.8) is 0 Å². The molecule has 0 aromatic heterocycles. The molecule has 11 unspecified atom stereocenters. The lowest BCUT2D eigenvalue weighted by Crippen LogP contribution is -2.61. The Hall–Kier alpha value is -2.05. The Labute approximate surface area is 352 Å². The average Bonchev–Trinajstić information content (AvgIpc) is 3.23. The van der Waals surface area contributed by atoms with Crippen molar-refractivity contribution in [3.8, 4) is 0 Å². The zero-order valence-electron chi connectivity index (χ0n) is 35.7. The van der Waals surface area contributed by atoms with Crippen LogP contribution in [0.2, 0.25) is 0 Å². The second kappa shape index (κ2) is 33.6. The van der Waals surface area contributed by atoms with Gasteiger partial charge in [0.25, 0.3) is 0 Å². The summed E-state index contributed by atoms with van der Waals surface area (Å²) in [6, 6.07) is 0. The summed E-state index contributed by atoms with van der Waals surface area (Å²) >= 11 is 0. The predicted octanol–water partition coefficient (Wildman–Crippen LogP) is 4.84. The van der Waals surface area contributed by atoms with Crippen molar-refractivity contribution in [2.24, 2.45) is 0 Å². The maximum absolute atomic E-state index is 12.9. The molecular formula is C45H78O14. The monoisotopic (exact) mass is 843 g/mol. The van der Waals surface area contributed by atoms with Crippen LogP contribution in [0.4, 0.5) is 0 Å². The minimum absolute atomic E-state index is 0.0237. The molecule has 342 valence electrons. The minimum Gasteiger partial charge on any atom is -0.457 e. The number of ether oxygens (including phenoxy) is 6. The first kappa shape index (κ1) is 53.1. The molecule has 14 nitrogen and oxygen atoms in total. The molecular weight excluding hydrogens is 764 g/mol. The molecule has 0 radical (unpaired) electrons. The van der Waals surface area contributed by atoms with E-state index in [-0.39, 0.29) is 19.6 Å². The molecule has 2 aliphatic rings. The number of aliphatic hydroxyl groups is 7. The van der Waals surface area contributed by atoms with Crippen LogP contribution in [0.1, 0.15) is 129 Å². The Kier molecular flexibility index (Phi) is 30.2. The number of esters is 1. The van der Waals surface area contributed by atoms with Crippen molar-refractivity contribution in [1.29, 1.82) is 0 Å². The van der Waals surface area contributed by atoms with Gasteiger partial charge < -0.3 is 64.2 Å². The topological polar surface area (TPSA) is 214 Å². The second-order valence-electron chi connectivity index (χ2n) is 15.5. The molecule has 2 aliphatic heterocycles. The third-order valence-electron chi connectivity index (χ3n) is 10.4. The number of hydrogen-bond donors (Lipinski definition) is 7. The van der Waals surface area contributed by atoms with Gasteiger partial charge in [0.15, 0.2) is 12.6 Å². The van der Waals surface area contributed by atoms with Crippen molar-refractivity contribution in [3.05, 3.63) is 48.6 Å². The molecule has 2 heterocycles. The van der Waals surface area contributed by atoms with Crippen LogP contribution >= 0.6 is 0 Å². The molecule has 11 atom stereocenters. The number of carbonyl (C=O) groups is 1. The highest BCUT2D eigenvalue weighted by Gasteiger charge is 2.47. The number of unbranched alkanes of at least 4 members (excludes halogenated alkanes) is 11. The van der Waals surface area contributed by atoms with Gasteiger partial charge in [0.05, 0.1) is 26.4 Å². The summed E-state index contributed by atoms with van der Waals surface area (Å²) in [5.74, 6) is -0.399. The van der Waals surface area contributed by atoms with Gasteiger partial charge in [-0.3, -0.25) is 4.79 Å². The molecule has 0 aromatic carbocycles. The maximum atomic E-state index is 12.9. The average molecular weight is 843 g/mol. The van der Waals surface area contributed by atoms with Gasteiger partial charge in [0, 0.05) is 13.0 Å². The van der Waals surface area contributed by atoms with Crippen LogP contribution in [0, 0.1) is 0 Å². The van der Waals surface area contributed by atoms with Crippen LogP contribution < -0.4 is 0 Å². The van der Waals surface area contributed by atoms with Crippen LogP contribution in [0.5, 0.6) is 0 Å². The van der Waals surface area contributed by atoms with Gasteiger partial charge in [0.2, 0.25) is 0 Å². The summed E-state index contributed by atoms with van der Waals surface area (Å²) in [6.45, 7) is 3.38. The molecule has 2 fully saturated rings. The third kappa shape index (κ3) is 22.6. The smallest absolute Gasteiger partial charge is 0.306 e. The lowest BCUT2D eigenvalue weighted by molar-refractivity contribution is -0.332. The zero-order valence-corrected chi connectivity index (χ0v) is 35.7.